The lowest BCUT2D eigenvalue weighted by Gasteiger charge is -2.28. The molecule has 3 N–H and O–H groups in total. The predicted octanol–water partition coefficient (Wildman–Crippen LogP) is 4.49. The molecule has 3 rings (SSSR count). The first-order valence-corrected chi connectivity index (χ1v) is 9.74. The summed E-state index contributed by atoms with van der Waals surface area (Å²) >= 11 is 1.65. The van der Waals surface area contributed by atoms with Crippen LogP contribution in [0, 0.1) is 0 Å². The van der Waals surface area contributed by atoms with Crippen LogP contribution in [-0.4, -0.2) is 23.5 Å². The van der Waals surface area contributed by atoms with E-state index in [0.29, 0.717) is 13.0 Å². The zero-order chi connectivity index (χ0) is 18.6. The van der Waals surface area contributed by atoms with E-state index in [2.05, 4.69) is 11.4 Å². The zero-order valence-electron chi connectivity index (χ0n) is 16.1. The maximum Gasteiger partial charge on any atom is 0.230 e. The Labute approximate surface area is 182 Å². The summed E-state index contributed by atoms with van der Waals surface area (Å²) in [7, 11) is 0. The van der Waals surface area contributed by atoms with Crippen LogP contribution in [0.1, 0.15) is 30.8 Å². The maximum atomic E-state index is 13.1. The molecular formula is C21H27Cl2N3OS. The molecule has 0 aliphatic heterocycles. The van der Waals surface area contributed by atoms with E-state index >= 15 is 0 Å². The van der Waals surface area contributed by atoms with Gasteiger partial charge in [-0.15, -0.1) is 36.2 Å². The molecule has 1 aromatic heterocycles. The Bertz CT molecular complexity index is 853. The average Bonchev–Trinajstić information content (AvgIpc) is 3.04. The Kier molecular flexibility index (Phi) is 9.37. The fourth-order valence-electron chi connectivity index (χ4n) is 3.03. The molecule has 2 atom stereocenters. The molecule has 0 aliphatic carbocycles. The van der Waals surface area contributed by atoms with Gasteiger partial charge in [0.2, 0.25) is 5.91 Å². The molecule has 2 unspecified atom stereocenters. The fraction of sp³-hybridized carbons (Fsp3) is 0.333. The normalized spacial score (nSPS) is 13.7. The highest BCUT2D eigenvalue weighted by Crippen LogP contribution is 2.32. The predicted molar refractivity (Wildman–Crippen MR) is 123 cm³/mol. The van der Waals surface area contributed by atoms with Crippen LogP contribution in [0.25, 0.3) is 10.2 Å². The van der Waals surface area contributed by atoms with E-state index in [1.807, 2.05) is 62.4 Å². The van der Waals surface area contributed by atoms with Gasteiger partial charge in [0.25, 0.3) is 0 Å². The molecule has 7 heteroatoms. The molecule has 0 aliphatic rings. The third-order valence-electron chi connectivity index (χ3n) is 4.64. The Morgan fingerprint density at radius 3 is 2.43 bits per heavy atom. The highest BCUT2D eigenvalue weighted by molar-refractivity contribution is 7.18. The molecule has 152 valence electrons. The largest absolute Gasteiger partial charge is 0.355 e. The lowest BCUT2D eigenvalue weighted by molar-refractivity contribution is -0.126. The number of hydrogen-bond acceptors (Lipinski definition) is 4. The van der Waals surface area contributed by atoms with Crippen LogP contribution in [0.4, 0.5) is 0 Å². The van der Waals surface area contributed by atoms with Gasteiger partial charge in [0.15, 0.2) is 0 Å². The zero-order valence-corrected chi connectivity index (χ0v) is 18.5. The number of nitrogens with zero attached hydrogens (tertiary/aromatic N) is 1. The topological polar surface area (TPSA) is 68.0 Å². The highest BCUT2D eigenvalue weighted by Gasteiger charge is 2.36. The van der Waals surface area contributed by atoms with Gasteiger partial charge in [-0.25, -0.2) is 4.98 Å². The van der Waals surface area contributed by atoms with Crippen molar-refractivity contribution in [3.05, 3.63) is 65.2 Å². The fourth-order valence-corrected chi connectivity index (χ4v) is 4.15. The Balaban J connectivity index is 0.00000196. The lowest BCUT2D eigenvalue weighted by Crippen LogP contribution is -2.44. The van der Waals surface area contributed by atoms with E-state index in [0.717, 1.165) is 27.2 Å². The van der Waals surface area contributed by atoms with Gasteiger partial charge in [0.1, 0.15) is 0 Å². The average molecular weight is 440 g/mol. The van der Waals surface area contributed by atoms with Crippen LogP contribution in [0.2, 0.25) is 0 Å². The molecule has 4 nitrogen and oxygen atoms in total. The smallest absolute Gasteiger partial charge is 0.230 e. The second-order valence-corrected chi connectivity index (χ2v) is 8.09. The van der Waals surface area contributed by atoms with Crippen molar-refractivity contribution in [3.63, 3.8) is 0 Å². The van der Waals surface area contributed by atoms with Crippen LogP contribution >= 0.6 is 36.2 Å². The third-order valence-corrected chi connectivity index (χ3v) is 5.68. The SMILES string of the molecule is CC(N)CCNC(=O)C(C)(Cc1nc2ccccc2s1)c1ccccc1.Cl.Cl. The quantitative estimate of drug-likeness (QED) is 0.569. The van der Waals surface area contributed by atoms with E-state index in [9.17, 15) is 4.79 Å². The van der Waals surface area contributed by atoms with Crippen molar-refractivity contribution in [3.8, 4) is 0 Å². The van der Waals surface area contributed by atoms with E-state index < -0.39 is 5.41 Å². The number of nitrogens with two attached hydrogens (primary N) is 1. The number of carbonyl (C=O) groups excluding carboxylic acids is 1. The summed E-state index contributed by atoms with van der Waals surface area (Å²) in [6.07, 6.45) is 1.33. The molecule has 0 spiro atoms. The lowest BCUT2D eigenvalue weighted by atomic mass is 9.78. The van der Waals surface area contributed by atoms with Gasteiger partial charge in [-0.1, -0.05) is 42.5 Å². The first kappa shape index (κ1) is 24.4. The van der Waals surface area contributed by atoms with Gasteiger partial charge in [-0.3, -0.25) is 4.79 Å². The molecule has 0 bridgehead atoms. The number of halogens is 2. The minimum absolute atomic E-state index is 0. The maximum absolute atomic E-state index is 13.1. The summed E-state index contributed by atoms with van der Waals surface area (Å²) in [5.41, 5.74) is 7.12. The number of fused-ring (bicyclic) bond motifs is 1. The standard InChI is InChI=1S/C21H25N3OS.2ClH/c1-15(22)12-13-23-20(25)21(2,16-8-4-3-5-9-16)14-19-24-17-10-6-7-11-18(17)26-19;;/h3-11,15H,12-14,22H2,1-2H3,(H,23,25);2*1H. The van der Waals surface area contributed by atoms with Gasteiger partial charge in [-0.2, -0.15) is 0 Å². The number of rotatable bonds is 7. The number of para-hydroxylation sites is 1. The van der Waals surface area contributed by atoms with Crippen molar-refractivity contribution in [2.75, 3.05) is 6.54 Å². The minimum Gasteiger partial charge on any atom is -0.355 e. The minimum atomic E-state index is -0.674. The van der Waals surface area contributed by atoms with Gasteiger partial charge in [-0.05, 0) is 38.0 Å². The first-order valence-electron chi connectivity index (χ1n) is 8.93. The van der Waals surface area contributed by atoms with Crippen molar-refractivity contribution in [1.82, 2.24) is 10.3 Å². The molecule has 3 aromatic rings. The van der Waals surface area contributed by atoms with E-state index in [4.69, 9.17) is 10.7 Å². The van der Waals surface area contributed by atoms with Gasteiger partial charge < -0.3 is 11.1 Å². The summed E-state index contributed by atoms with van der Waals surface area (Å²) < 4.78 is 1.15. The summed E-state index contributed by atoms with van der Waals surface area (Å²) in [6, 6.07) is 18.1. The van der Waals surface area contributed by atoms with Crippen LogP contribution < -0.4 is 11.1 Å². The van der Waals surface area contributed by atoms with Crippen LogP contribution in [-0.2, 0) is 16.6 Å². The van der Waals surface area contributed by atoms with E-state index in [1.165, 1.54) is 0 Å². The number of amides is 1. The third kappa shape index (κ3) is 5.67. The van der Waals surface area contributed by atoms with E-state index in [-0.39, 0.29) is 36.8 Å². The number of carbonyl (C=O) groups is 1. The van der Waals surface area contributed by atoms with Crippen LogP contribution in [0.3, 0.4) is 0 Å². The first-order chi connectivity index (χ1) is 12.5. The molecule has 0 fully saturated rings. The summed E-state index contributed by atoms with van der Waals surface area (Å²) in [5.74, 6) is 0.0172. The molecule has 1 heterocycles. The van der Waals surface area contributed by atoms with Gasteiger partial charge in [0, 0.05) is 19.0 Å². The summed E-state index contributed by atoms with van der Waals surface area (Å²) in [5, 5.41) is 4.04. The number of thiazole rings is 1. The molecule has 2 aromatic carbocycles. The monoisotopic (exact) mass is 439 g/mol. The second-order valence-electron chi connectivity index (χ2n) is 6.97. The van der Waals surface area contributed by atoms with Crippen molar-refractivity contribution >= 4 is 52.3 Å². The van der Waals surface area contributed by atoms with Crippen LogP contribution in [0.5, 0.6) is 0 Å². The molecule has 0 radical (unpaired) electrons. The van der Waals surface area contributed by atoms with Gasteiger partial charge in [0.05, 0.1) is 20.6 Å². The highest BCUT2D eigenvalue weighted by atomic mass is 35.5. The van der Waals surface area contributed by atoms with Gasteiger partial charge >= 0.3 is 0 Å². The number of aromatic nitrogens is 1. The molecule has 0 saturated heterocycles. The second kappa shape index (κ2) is 10.8. The van der Waals surface area contributed by atoms with Crippen molar-refractivity contribution in [2.45, 2.75) is 38.1 Å². The molecule has 0 saturated carbocycles. The Morgan fingerprint density at radius 2 is 1.79 bits per heavy atom. The summed E-state index contributed by atoms with van der Waals surface area (Å²) in [6.45, 7) is 4.53. The molecular weight excluding hydrogens is 413 g/mol. The molecule has 1 amide bonds. The van der Waals surface area contributed by atoms with Crippen LogP contribution in [0.15, 0.2) is 54.6 Å². The van der Waals surface area contributed by atoms with Crippen molar-refractivity contribution in [2.24, 2.45) is 5.73 Å². The van der Waals surface area contributed by atoms with Crippen molar-refractivity contribution < 1.29 is 4.79 Å². The Morgan fingerprint density at radius 1 is 1.14 bits per heavy atom. The van der Waals surface area contributed by atoms with E-state index in [1.54, 1.807) is 11.3 Å². The number of benzene rings is 2. The number of hydrogen-bond donors (Lipinski definition) is 2. The number of nitrogens with one attached hydrogen (secondary N) is 1. The molecule has 28 heavy (non-hydrogen) atoms. The van der Waals surface area contributed by atoms with Crippen molar-refractivity contribution in [1.29, 1.82) is 0 Å². The summed E-state index contributed by atoms with van der Waals surface area (Å²) in [4.78, 5) is 17.8. The Hall–Kier alpha value is -1.66.